The molecule has 19 heavy (non-hydrogen) atoms. The van der Waals surface area contributed by atoms with Crippen LogP contribution in [0.15, 0.2) is 4.52 Å². The van der Waals surface area contributed by atoms with Crippen LogP contribution in [0.2, 0.25) is 0 Å². The van der Waals surface area contributed by atoms with Crippen molar-refractivity contribution in [3.63, 3.8) is 0 Å². The van der Waals surface area contributed by atoms with Gasteiger partial charge >= 0.3 is 6.01 Å². The maximum absolute atomic E-state index is 12.2. The van der Waals surface area contributed by atoms with Crippen molar-refractivity contribution in [2.45, 2.75) is 57.5 Å². The third-order valence-electron chi connectivity index (χ3n) is 3.67. The molecule has 2 fully saturated rings. The minimum Gasteiger partial charge on any atom is -0.352 e. The smallest absolute Gasteiger partial charge is 0.324 e. The summed E-state index contributed by atoms with van der Waals surface area (Å²) in [5.41, 5.74) is 0. The Hall–Kier alpha value is -1.59. The molecule has 1 aliphatic carbocycles. The highest BCUT2D eigenvalue weighted by Gasteiger charge is 2.36. The summed E-state index contributed by atoms with van der Waals surface area (Å²) in [6, 6.07) is 0.724. The fraction of sp³-hybridized carbons (Fsp3) is 0.769. The van der Waals surface area contributed by atoms with Gasteiger partial charge in [-0.15, -0.1) is 0 Å². The summed E-state index contributed by atoms with van der Waals surface area (Å²) in [6.07, 6.45) is 4.06. The van der Waals surface area contributed by atoms with Crippen LogP contribution in [0.25, 0.3) is 0 Å². The molecule has 3 rings (SSSR count). The molecule has 104 valence electrons. The Morgan fingerprint density at radius 2 is 2.21 bits per heavy atom. The van der Waals surface area contributed by atoms with Gasteiger partial charge in [-0.05, 0) is 25.7 Å². The molecule has 2 aliphatic rings. The molecular weight excluding hydrogens is 244 g/mol. The lowest BCUT2D eigenvalue weighted by molar-refractivity contribution is -0.122. The van der Waals surface area contributed by atoms with E-state index in [-0.39, 0.29) is 17.9 Å². The number of hydrogen-bond donors (Lipinski definition) is 1. The van der Waals surface area contributed by atoms with Gasteiger partial charge in [-0.2, -0.15) is 4.98 Å². The Kier molecular flexibility index (Phi) is 3.16. The molecule has 1 saturated heterocycles. The van der Waals surface area contributed by atoms with Gasteiger partial charge in [0, 0.05) is 18.5 Å². The second kappa shape index (κ2) is 4.83. The summed E-state index contributed by atoms with van der Waals surface area (Å²) in [7, 11) is 0. The molecule has 1 aliphatic heterocycles. The monoisotopic (exact) mass is 264 g/mol. The van der Waals surface area contributed by atoms with Crippen molar-refractivity contribution in [2.24, 2.45) is 0 Å². The highest BCUT2D eigenvalue weighted by atomic mass is 16.5. The summed E-state index contributed by atoms with van der Waals surface area (Å²) >= 11 is 0. The molecule has 6 heteroatoms. The van der Waals surface area contributed by atoms with Crippen molar-refractivity contribution in [2.75, 3.05) is 11.4 Å². The van der Waals surface area contributed by atoms with Crippen molar-refractivity contribution in [3.05, 3.63) is 5.82 Å². The molecular formula is C13H20N4O2. The quantitative estimate of drug-likeness (QED) is 0.891. The summed E-state index contributed by atoms with van der Waals surface area (Å²) < 4.78 is 5.30. The van der Waals surface area contributed by atoms with Crippen LogP contribution in [-0.2, 0) is 4.79 Å². The number of nitrogens with one attached hydrogen (secondary N) is 1. The van der Waals surface area contributed by atoms with Gasteiger partial charge in [0.25, 0.3) is 0 Å². The largest absolute Gasteiger partial charge is 0.352 e. The number of aromatic nitrogens is 2. The van der Waals surface area contributed by atoms with E-state index in [1.54, 1.807) is 0 Å². The van der Waals surface area contributed by atoms with Crippen molar-refractivity contribution < 1.29 is 9.32 Å². The van der Waals surface area contributed by atoms with Gasteiger partial charge in [0.05, 0.1) is 0 Å². The summed E-state index contributed by atoms with van der Waals surface area (Å²) in [4.78, 5) is 18.5. The number of rotatable bonds is 4. The Bertz CT molecular complexity index is 467. The zero-order valence-electron chi connectivity index (χ0n) is 11.4. The number of anilines is 1. The van der Waals surface area contributed by atoms with Gasteiger partial charge in [-0.3, -0.25) is 4.79 Å². The molecule has 0 radical (unpaired) electrons. The molecule has 1 atom stereocenters. The van der Waals surface area contributed by atoms with Crippen LogP contribution < -0.4 is 10.2 Å². The molecule has 0 spiro atoms. The lowest BCUT2D eigenvalue weighted by Gasteiger charge is -2.21. The van der Waals surface area contributed by atoms with Crippen LogP contribution in [-0.4, -0.2) is 34.7 Å². The van der Waals surface area contributed by atoms with Crippen LogP contribution in [0.5, 0.6) is 0 Å². The number of carbonyl (C=O) groups is 1. The van der Waals surface area contributed by atoms with Crippen molar-refractivity contribution in [1.82, 2.24) is 15.5 Å². The average molecular weight is 264 g/mol. The first kappa shape index (κ1) is 12.4. The number of carbonyl (C=O) groups excluding carboxylic acids is 1. The van der Waals surface area contributed by atoms with E-state index in [1.807, 2.05) is 18.7 Å². The minimum atomic E-state index is -0.152. The number of hydrogen-bond acceptors (Lipinski definition) is 5. The Labute approximate surface area is 112 Å². The third kappa shape index (κ3) is 2.57. The zero-order chi connectivity index (χ0) is 13.4. The molecule has 0 unspecified atom stereocenters. The van der Waals surface area contributed by atoms with E-state index in [0.717, 1.165) is 32.2 Å². The maximum Gasteiger partial charge on any atom is 0.324 e. The zero-order valence-corrected chi connectivity index (χ0v) is 11.4. The van der Waals surface area contributed by atoms with E-state index in [4.69, 9.17) is 4.52 Å². The molecule has 1 aromatic heterocycles. The van der Waals surface area contributed by atoms with Gasteiger partial charge < -0.3 is 14.7 Å². The molecule has 0 aromatic carbocycles. The Morgan fingerprint density at radius 3 is 2.84 bits per heavy atom. The SMILES string of the molecule is CC(C)c1noc(N2CCC[C@H]2C(=O)NC2CC2)n1. The van der Waals surface area contributed by atoms with E-state index in [2.05, 4.69) is 15.5 Å². The topological polar surface area (TPSA) is 71.3 Å². The average Bonchev–Trinajstić information content (AvgIpc) is 2.92. The molecule has 1 N–H and O–H groups in total. The summed E-state index contributed by atoms with van der Waals surface area (Å²) in [5, 5.41) is 7.02. The van der Waals surface area contributed by atoms with Crippen LogP contribution in [0.1, 0.15) is 51.3 Å². The maximum atomic E-state index is 12.2. The van der Waals surface area contributed by atoms with E-state index < -0.39 is 0 Å². The normalized spacial score (nSPS) is 23.1. The predicted octanol–water partition coefficient (Wildman–Crippen LogP) is 1.44. The highest BCUT2D eigenvalue weighted by molar-refractivity contribution is 5.85. The first-order valence-corrected chi connectivity index (χ1v) is 7.06. The Balaban J connectivity index is 1.72. The third-order valence-corrected chi connectivity index (χ3v) is 3.67. The molecule has 1 saturated carbocycles. The lowest BCUT2D eigenvalue weighted by atomic mass is 10.2. The Morgan fingerprint density at radius 1 is 1.42 bits per heavy atom. The van der Waals surface area contributed by atoms with Crippen molar-refractivity contribution in [1.29, 1.82) is 0 Å². The fourth-order valence-electron chi connectivity index (χ4n) is 2.37. The second-order valence-electron chi connectivity index (χ2n) is 5.72. The van der Waals surface area contributed by atoms with E-state index >= 15 is 0 Å². The van der Waals surface area contributed by atoms with E-state index in [1.165, 1.54) is 0 Å². The van der Waals surface area contributed by atoms with E-state index in [9.17, 15) is 4.79 Å². The van der Waals surface area contributed by atoms with Gasteiger partial charge in [-0.1, -0.05) is 19.0 Å². The van der Waals surface area contributed by atoms with Gasteiger partial charge in [-0.25, -0.2) is 0 Å². The predicted molar refractivity (Wildman–Crippen MR) is 69.9 cm³/mol. The number of nitrogens with zero attached hydrogens (tertiary/aromatic N) is 3. The second-order valence-corrected chi connectivity index (χ2v) is 5.72. The van der Waals surface area contributed by atoms with Gasteiger partial charge in [0.2, 0.25) is 5.91 Å². The highest BCUT2D eigenvalue weighted by Crippen LogP contribution is 2.27. The molecule has 0 bridgehead atoms. The van der Waals surface area contributed by atoms with Gasteiger partial charge in [0.1, 0.15) is 6.04 Å². The van der Waals surface area contributed by atoms with Crippen LogP contribution >= 0.6 is 0 Å². The first-order valence-electron chi connectivity index (χ1n) is 7.06. The van der Waals surface area contributed by atoms with E-state index in [0.29, 0.717) is 17.9 Å². The van der Waals surface area contributed by atoms with Crippen LogP contribution in [0.3, 0.4) is 0 Å². The molecule has 1 aromatic rings. The lowest BCUT2D eigenvalue weighted by Crippen LogP contribution is -2.44. The molecule has 1 amide bonds. The standard InChI is InChI=1S/C13H20N4O2/c1-8(2)11-15-13(19-16-11)17-7-3-4-10(17)12(18)14-9-5-6-9/h8-10H,3-7H2,1-2H3,(H,14,18)/t10-/m0/s1. The van der Waals surface area contributed by atoms with Gasteiger partial charge in [0.15, 0.2) is 5.82 Å². The van der Waals surface area contributed by atoms with Crippen LogP contribution in [0, 0.1) is 0 Å². The van der Waals surface area contributed by atoms with Crippen molar-refractivity contribution >= 4 is 11.9 Å². The fourth-order valence-corrected chi connectivity index (χ4v) is 2.37. The summed E-state index contributed by atoms with van der Waals surface area (Å²) in [5.74, 6) is 1.03. The minimum absolute atomic E-state index is 0.101. The molecule has 6 nitrogen and oxygen atoms in total. The summed E-state index contributed by atoms with van der Waals surface area (Å²) in [6.45, 7) is 4.86. The van der Waals surface area contributed by atoms with Crippen molar-refractivity contribution in [3.8, 4) is 0 Å². The first-order chi connectivity index (χ1) is 9.15. The van der Waals surface area contributed by atoms with Crippen LogP contribution in [0.4, 0.5) is 6.01 Å². The molecule has 2 heterocycles. The number of amides is 1.